The molecule has 0 aliphatic carbocycles. The van der Waals surface area contributed by atoms with Gasteiger partial charge in [0.15, 0.2) is 0 Å². The summed E-state index contributed by atoms with van der Waals surface area (Å²) in [7, 11) is -3.70. The van der Waals surface area contributed by atoms with Crippen molar-refractivity contribution in [3.8, 4) is 0 Å². The van der Waals surface area contributed by atoms with Crippen molar-refractivity contribution >= 4 is 21.7 Å². The van der Waals surface area contributed by atoms with Gasteiger partial charge in [-0.15, -0.1) is 0 Å². The number of rotatable bonds is 9. The molecule has 152 valence electrons. The molecule has 0 aliphatic rings. The summed E-state index contributed by atoms with van der Waals surface area (Å²) in [6, 6.07) is 11.5. The fourth-order valence-electron chi connectivity index (χ4n) is 2.77. The van der Waals surface area contributed by atoms with Crippen molar-refractivity contribution in [1.29, 1.82) is 0 Å². The van der Waals surface area contributed by atoms with Gasteiger partial charge in [0.25, 0.3) is 10.0 Å². The van der Waals surface area contributed by atoms with Gasteiger partial charge in [-0.3, -0.25) is 4.72 Å². The normalized spacial score (nSPS) is 11.5. The number of benzene rings is 2. The molecule has 0 bridgehead atoms. The van der Waals surface area contributed by atoms with E-state index in [9.17, 15) is 13.2 Å². The van der Waals surface area contributed by atoms with E-state index in [0.29, 0.717) is 30.0 Å². The number of likely N-dealkylation sites (N-methyl/N-ethyl adjacent to an activating group) is 1. The molecular weight excluding hydrogens is 376 g/mol. The molecule has 0 aliphatic heterocycles. The predicted octanol–water partition coefficient (Wildman–Crippen LogP) is 3.60. The maximum Gasteiger partial charge on any atom is 0.338 e. The lowest BCUT2D eigenvalue weighted by Gasteiger charge is -2.17. The van der Waals surface area contributed by atoms with Crippen LogP contribution in [-0.4, -0.2) is 45.5 Å². The average Bonchev–Trinajstić information content (AvgIpc) is 2.67. The molecule has 0 fully saturated rings. The van der Waals surface area contributed by atoms with Gasteiger partial charge in [-0.2, -0.15) is 0 Å². The van der Waals surface area contributed by atoms with Crippen LogP contribution >= 0.6 is 0 Å². The van der Waals surface area contributed by atoms with E-state index in [2.05, 4.69) is 23.5 Å². The SMILES string of the molecule is CCN(CC)CCOC(=O)c1ccc(NS(=O)(=O)c2cc(C)ccc2C)cc1. The van der Waals surface area contributed by atoms with Gasteiger partial charge in [0, 0.05) is 12.2 Å². The zero-order valence-corrected chi connectivity index (χ0v) is 17.7. The van der Waals surface area contributed by atoms with Gasteiger partial charge in [0.2, 0.25) is 0 Å². The molecule has 28 heavy (non-hydrogen) atoms. The molecular formula is C21H28N2O4S. The Morgan fingerprint density at radius 1 is 1.04 bits per heavy atom. The van der Waals surface area contributed by atoms with Crippen LogP contribution in [-0.2, 0) is 14.8 Å². The number of carbonyl (C=O) groups excluding carboxylic acids is 1. The van der Waals surface area contributed by atoms with Crippen LogP contribution in [0.5, 0.6) is 0 Å². The molecule has 1 N–H and O–H groups in total. The highest BCUT2D eigenvalue weighted by molar-refractivity contribution is 7.92. The minimum atomic E-state index is -3.70. The lowest BCUT2D eigenvalue weighted by atomic mass is 10.2. The second kappa shape index (κ2) is 9.71. The molecule has 0 spiro atoms. The van der Waals surface area contributed by atoms with Crippen LogP contribution in [0.4, 0.5) is 5.69 Å². The summed E-state index contributed by atoms with van der Waals surface area (Å²) in [5.74, 6) is -0.420. The Bertz CT molecular complexity index is 905. The van der Waals surface area contributed by atoms with Crippen molar-refractivity contribution in [2.45, 2.75) is 32.6 Å². The summed E-state index contributed by atoms with van der Waals surface area (Å²) < 4.78 is 33.1. The molecule has 0 aromatic heterocycles. The van der Waals surface area contributed by atoms with Gasteiger partial charge in [0.05, 0.1) is 10.5 Å². The van der Waals surface area contributed by atoms with Crippen LogP contribution in [0.15, 0.2) is 47.4 Å². The highest BCUT2D eigenvalue weighted by atomic mass is 32.2. The molecule has 0 atom stereocenters. The van der Waals surface area contributed by atoms with Gasteiger partial charge in [-0.1, -0.05) is 26.0 Å². The molecule has 0 unspecified atom stereocenters. The third-order valence-electron chi connectivity index (χ3n) is 4.54. The average molecular weight is 405 g/mol. The third kappa shape index (κ3) is 5.81. The van der Waals surface area contributed by atoms with E-state index in [4.69, 9.17) is 4.74 Å². The molecule has 0 heterocycles. The zero-order valence-electron chi connectivity index (χ0n) is 16.9. The highest BCUT2D eigenvalue weighted by Gasteiger charge is 2.17. The molecule has 0 radical (unpaired) electrons. The Morgan fingerprint density at radius 2 is 1.68 bits per heavy atom. The zero-order chi connectivity index (χ0) is 20.7. The number of anilines is 1. The minimum absolute atomic E-state index is 0.243. The highest BCUT2D eigenvalue weighted by Crippen LogP contribution is 2.21. The quantitative estimate of drug-likeness (QED) is 0.646. The Morgan fingerprint density at radius 3 is 2.29 bits per heavy atom. The second-order valence-electron chi connectivity index (χ2n) is 6.61. The van der Waals surface area contributed by atoms with Crippen molar-refractivity contribution < 1.29 is 17.9 Å². The molecule has 7 heteroatoms. The molecule has 2 aromatic carbocycles. The summed E-state index contributed by atoms with van der Waals surface area (Å²) in [4.78, 5) is 14.5. The number of nitrogens with zero attached hydrogens (tertiary/aromatic N) is 1. The number of ether oxygens (including phenoxy) is 1. The van der Waals surface area contributed by atoms with Gasteiger partial charge >= 0.3 is 5.97 Å². The van der Waals surface area contributed by atoms with Crippen LogP contribution in [0.2, 0.25) is 0 Å². The Balaban J connectivity index is 2.02. The second-order valence-corrected chi connectivity index (χ2v) is 8.27. The number of aryl methyl sites for hydroxylation is 2. The molecule has 2 aromatic rings. The van der Waals surface area contributed by atoms with Gasteiger partial charge in [-0.25, -0.2) is 13.2 Å². The molecule has 0 saturated carbocycles. The predicted molar refractivity (Wildman–Crippen MR) is 111 cm³/mol. The summed E-state index contributed by atoms with van der Waals surface area (Å²) >= 11 is 0. The van der Waals surface area contributed by atoms with E-state index in [1.807, 2.05) is 13.0 Å². The number of hydrogen-bond donors (Lipinski definition) is 1. The van der Waals surface area contributed by atoms with Crippen LogP contribution in [0.25, 0.3) is 0 Å². The summed E-state index contributed by atoms with van der Waals surface area (Å²) in [6.45, 7) is 10.5. The monoisotopic (exact) mass is 404 g/mol. The smallest absolute Gasteiger partial charge is 0.338 e. The summed E-state index contributed by atoms with van der Waals surface area (Å²) in [5.41, 5.74) is 2.31. The van der Waals surface area contributed by atoms with Crippen molar-refractivity contribution in [2.75, 3.05) is 31.0 Å². The lowest BCUT2D eigenvalue weighted by molar-refractivity contribution is 0.0466. The topological polar surface area (TPSA) is 75.7 Å². The summed E-state index contributed by atoms with van der Waals surface area (Å²) in [5, 5.41) is 0. The van der Waals surface area contributed by atoms with Gasteiger partial charge in [0.1, 0.15) is 6.61 Å². The lowest BCUT2D eigenvalue weighted by Crippen LogP contribution is -2.27. The molecule has 0 saturated heterocycles. The third-order valence-corrected chi connectivity index (χ3v) is 6.06. The fourth-order valence-corrected chi connectivity index (χ4v) is 4.16. The first kappa shape index (κ1) is 21.9. The van der Waals surface area contributed by atoms with E-state index in [-0.39, 0.29) is 4.90 Å². The van der Waals surface area contributed by atoms with Gasteiger partial charge in [-0.05, 0) is 68.4 Å². The van der Waals surface area contributed by atoms with E-state index in [1.165, 1.54) is 0 Å². The summed E-state index contributed by atoms with van der Waals surface area (Å²) in [6.07, 6.45) is 0. The first-order valence-corrected chi connectivity index (χ1v) is 10.8. The largest absolute Gasteiger partial charge is 0.461 e. The van der Waals surface area contributed by atoms with E-state index < -0.39 is 16.0 Å². The molecule has 2 rings (SSSR count). The van der Waals surface area contributed by atoms with E-state index in [1.54, 1.807) is 43.3 Å². The van der Waals surface area contributed by atoms with Crippen LogP contribution in [0, 0.1) is 13.8 Å². The Labute approximate surface area is 167 Å². The van der Waals surface area contributed by atoms with Crippen LogP contribution in [0.3, 0.4) is 0 Å². The molecule has 6 nitrogen and oxygen atoms in total. The van der Waals surface area contributed by atoms with Crippen molar-refractivity contribution in [1.82, 2.24) is 4.90 Å². The van der Waals surface area contributed by atoms with Crippen molar-refractivity contribution in [3.63, 3.8) is 0 Å². The number of esters is 1. The molecule has 0 amide bonds. The number of hydrogen-bond acceptors (Lipinski definition) is 5. The van der Waals surface area contributed by atoms with E-state index in [0.717, 1.165) is 18.7 Å². The first-order valence-electron chi connectivity index (χ1n) is 9.36. The van der Waals surface area contributed by atoms with Crippen molar-refractivity contribution in [3.05, 3.63) is 59.2 Å². The van der Waals surface area contributed by atoms with Crippen LogP contribution in [0.1, 0.15) is 35.3 Å². The number of nitrogens with one attached hydrogen (secondary N) is 1. The Kier molecular flexibility index (Phi) is 7.60. The Hall–Kier alpha value is -2.38. The maximum atomic E-state index is 12.6. The maximum absolute atomic E-state index is 12.6. The van der Waals surface area contributed by atoms with Crippen LogP contribution < -0.4 is 4.72 Å². The number of sulfonamides is 1. The standard InChI is InChI=1S/C21H28N2O4S/c1-5-23(6-2)13-14-27-21(24)18-9-11-19(12-10-18)22-28(25,26)20-15-16(3)7-8-17(20)4/h7-12,15,22H,5-6,13-14H2,1-4H3. The first-order chi connectivity index (χ1) is 13.3. The number of carbonyl (C=O) groups is 1. The van der Waals surface area contributed by atoms with E-state index >= 15 is 0 Å². The minimum Gasteiger partial charge on any atom is -0.461 e. The fraction of sp³-hybridized carbons (Fsp3) is 0.381. The van der Waals surface area contributed by atoms with Gasteiger partial charge < -0.3 is 9.64 Å². The van der Waals surface area contributed by atoms with Crippen molar-refractivity contribution in [2.24, 2.45) is 0 Å².